The van der Waals surface area contributed by atoms with E-state index < -0.39 is 0 Å². The van der Waals surface area contributed by atoms with Crippen LogP contribution in [0.4, 0.5) is 5.69 Å². The van der Waals surface area contributed by atoms with Crippen LogP contribution in [-0.2, 0) is 11.3 Å². The molecule has 2 rings (SSSR count). The van der Waals surface area contributed by atoms with E-state index in [-0.39, 0.29) is 5.91 Å². The number of rotatable bonds is 6. The molecule has 2 aromatic rings. The van der Waals surface area contributed by atoms with Crippen molar-refractivity contribution >= 4 is 23.4 Å². The second kappa shape index (κ2) is 7.86. The first-order valence-corrected chi connectivity index (χ1v) is 7.89. The fraction of sp³-hybridized carbons (Fsp3) is 0.235. The summed E-state index contributed by atoms with van der Waals surface area (Å²) < 4.78 is 0. The van der Waals surface area contributed by atoms with Gasteiger partial charge in [0.15, 0.2) is 0 Å². The lowest BCUT2D eigenvalue weighted by Crippen LogP contribution is -2.14. The van der Waals surface area contributed by atoms with Crippen molar-refractivity contribution in [3.8, 4) is 0 Å². The van der Waals surface area contributed by atoms with E-state index in [2.05, 4.69) is 34.9 Å². The summed E-state index contributed by atoms with van der Waals surface area (Å²) in [6.45, 7) is 2.85. The van der Waals surface area contributed by atoms with Gasteiger partial charge in [-0.15, -0.1) is 11.8 Å². The highest BCUT2D eigenvalue weighted by molar-refractivity contribution is 8.00. The molecule has 0 aliphatic heterocycles. The molecule has 110 valence electrons. The number of benzene rings is 2. The van der Waals surface area contributed by atoms with Gasteiger partial charge < -0.3 is 10.6 Å². The third kappa shape index (κ3) is 4.92. The summed E-state index contributed by atoms with van der Waals surface area (Å²) in [5.41, 5.74) is 3.20. The third-order valence-corrected chi connectivity index (χ3v) is 4.11. The molecule has 0 heterocycles. The molecule has 0 aromatic heterocycles. The maximum absolute atomic E-state index is 12.0. The minimum Gasteiger partial charge on any atom is -0.325 e. The molecule has 2 N–H and O–H groups in total. The van der Waals surface area contributed by atoms with Gasteiger partial charge in [-0.3, -0.25) is 4.79 Å². The van der Waals surface area contributed by atoms with Gasteiger partial charge in [0.25, 0.3) is 0 Å². The van der Waals surface area contributed by atoms with Crippen LogP contribution in [0.3, 0.4) is 0 Å². The van der Waals surface area contributed by atoms with Crippen LogP contribution in [0.1, 0.15) is 11.1 Å². The maximum Gasteiger partial charge on any atom is 0.234 e. The normalized spacial score (nSPS) is 10.4. The first-order chi connectivity index (χ1) is 10.2. The van der Waals surface area contributed by atoms with Crippen molar-refractivity contribution in [1.82, 2.24) is 5.32 Å². The molecule has 0 saturated carbocycles. The number of thioether (sulfide) groups is 1. The van der Waals surface area contributed by atoms with Gasteiger partial charge in [-0.05, 0) is 43.3 Å². The summed E-state index contributed by atoms with van der Waals surface area (Å²) in [7, 11) is 1.93. The van der Waals surface area contributed by atoms with Crippen molar-refractivity contribution in [2.45, 2.75) is 18.4 Å². The van der Waals surface area contributed by atoms with E-state index in [1.54, 1.807) is 11.8 Å². The Morgan fingerprint density at radius 2 is 1.81 bits per heavy atom. The van der Waals surface area contributed by atoms with Gasteiger partial charge in [-0.25, -0.2) is 0 Å². The average Bonchev–Trinajstić information content (AvgIpc) is 2.49. The van der Waals surface area contributed by atoms with Crippen LogP contribution in [-0.4, -0.2) is 18.7 Å². The molecule has 0 unspecified atom stereocenters. The topological polar surface area (TPSA) is 41.1 Å². The smallest absolute Gasteiger partial charge is 0.234 e. The van der Waals surface area contributed by atoms with Crippen LogP contribution in [0.15, 0.2) is 53.4 Å². The van der Waals surface area contributed by atoms with Crippen LogP contribution in [0, 0.1) is 6.92 Å². The summed E-state index contributed by atoms with van der Waals surface area (Å²) in [6, 6.07) is 16.1. The summed E-state index contributed by atoms with van der Waals surface area (Å²) in [5, 5.41) is 6.06. The van der Waals surface area contributed by atoms with Gasteiger partial charge in [-0.2, -0.15) is 0 Å². The minimum absolute atomic E-state index is 0.0219. The number of anilines is 1. The molecule has 0 saturated heterocycles. The van der Waals surface area contributed by atoms with Gasteiger partial charge in [0.2, 0.25) is 5.91 Å². The Bertz CT molecular complexity index is 596. The Morgan fingerprint density at radius 1 is 1.10 bits per heavy atom. The highest BCUT2D eigenvalue weighted by Gasteiger charge is 2.05. The Morgan fingerprint density at radius 3 is 2.48 bits per heavy atom. The van der Waals surface area contributed by atoms with E-state index in [0.29, 0.717) is 5.75 Å². The second-order valence-electron chi connectivity index (χ2n) is 4.83. The Balaban J connectivity index is 1.85. The lowest BCUT2D eigenvalue weighted by atomic mass is 10.2. The van der Waals surface area contributed by atoms with Gasteiger partial charge in [0.1, 0.15) is 0 Å². The van der Waals surface area contributed by atoms with Crippen LogP contribution >= 0.6 is 11.8 Å². The highest BCUT2D eigenvalue weighted by Crippen LogP contribution is 2.19. The summed E-state index contributed by atoms with van der Waals surface area (Å²) in [6.07, 6.45) is 0. The van der Waals surface area contributed by atoms with Gasteiger partial charge in [0, 0.05) is 17.1 Å². The number of nitrogens with one attached hydrogen (secondary N) is 2. The predicted octanol–water partition coefficient (Wildman–Crippen LogP) is 3.45. The minimum atomic E-state index is 0.0219. The monoisotopic (exact) mass is 300 g/mol. The second-order valence-corrected chi connectivity index (χ2v) is 5.87. The molecule has 0 fully saturated rings. The largest absolute Gasteiger partial charge is 0.325 e. The maximum atomic E-state index is 12.0. The highest BCUT2D eigenvalue weighted by atomic mass is 32.2. The molecular formula is C17H20N2OS. The van der Waals surface area contributed by atoms with Crippen LogP contribution in [0.5, 0.6) is 0 Å². The van der Waals surface area contributed by atoms with E-state index in [1.165, 1.54) is 5.56 Å². The van der Waals surface area contributed by atoms with Crippen molar-refractivity contribution < 1.29 is 4.79 Å². The lowest BCUT2D eigenvalue weighted by molar-refractivity contribution is -0.113. The van der Waals surface area contributed by atoms with Crippen molar-refractivity contribution in [1.29, 1.82) is 0 Å². The molecule has 0 bridgehead atoms. The van der Waals surface area contributed by atoms with E-state index in [0.717, 1.165) is 22.7 Å². The van der Waals surface area contributed by atoms with Gasteiger partial charge in [0.05, 0.1) is 5.75 Å². The van der Waals surface area contributed by atoms with Gasteiger partial charge in [-0.1, -0.05) is 30.3 Å². The number of para-hydroxylation sites is 1. The molecule has 3 nitrogen and oxygen atoms in total. The number of amides is 1. The number of hydrogen-bond donors (Lipinski definition) is 2. The predicted molar refractivity (Wildman–Crippen MR) is 89.7 cm³/mol. The molecular weight excluding hydrogens is 280 g/mol. The Hall–Kier alpha value is -1.78. The molecule has 0 radical (unpaired) electrons. The van der Waals surface area contributed by atoms with Crippen LogP contribution in [0.25, 0.3) is 0 Å². The first kappa shape index (κ1) is 15.6. The molecule has 0 aliphatic rings. The van der Waals surface area contributed by atoms with Crippen molar-refractivity contribution in [3.05, 3.63) is 59.7 Å². The quantitative estimate of drug-likeness (QED) is 0.803. The number of hydrogen-bond acceptors (Lipinski definition) is 3. The SMILES string of the molecule is CNCc1ccc(SCC(=O)Nc2ccccc2C)cc1. The van der Waals surface area contributed by atoms with Crippen LogP contribution < -0.4 is 10.6 Å². The molecule has 2 aromatic carbocycles. The first-order valence-electron chi connectivity index (χ1n) is 6.91. The number of carbonyl (C=O) groups excluding carboxylic acids is 1. The van der Waals surface area contributed by atoms with Crippen molar-refractivity contribution in [2.75, 3.05) is 18.1 Å². The molecule has 0 atom stereocenters. The Labute approximate surface area is 130 Å². The molecule has 21 heavy (non-hydrogen) atoms. The fourth-order valence-electron chi connectivity index (χ4n) is 1.96. The average molecular weight is 300 g/mol. The zero-order chi connectivity index (χ0) is 15.1. The Kier molecular flexibility index (Phi) is 5.84. The van der Waals surface area contributed by atoms with E-state index in [4.69, 9.17) is 0 Å². The third-order valence-electron chi connectivity index (χ3n) is 3.09. The number of aryl methyl sites for hydroxylation is 1. The summed E-state index contributed by atoms with van der Waals surface area (Å²) in [4.78, 5) is 13.1. The van der Waals surface area contributed by atoms with Gasteiger partial charge >= 0.3 is 0 Å². The van der Waals surface area contributed by atoms with Crippen molar-refractivity contribution in [3.63, 3.8) is 0 Å². The zero-order valence-corrected chi connectivity index (χ0v) is 13.2. The standard InChI is InChI=1S/C17H20N2OS/c1-13-5-3-4-6-16(13)19-17(20)12-21-15-9-7-14(8-10-15)11-18-2/h3-10,18H,11-12H2,1-2H3,(H,19,20). The summed E-state index contributed by atoms with van der Waals surface area (Å²) >= 11 is 1.55. The van der Waals surface area contributed by atoms with E-state index in [9.17, 15) is 4.79 Å². The lowest BCUT2D eigenvalue weighted by Gasteiger charge is -2.08. The number of carbonyl (C=O) groups is 1. The fourth-order valence-corrected chi connectivity index (χ4v) is 2.65. The van der Waals surface area contributed by atoms with E-state index in [1.807, 2.05) is 38.2 Å². The zero-order valence-electron chi connectivity index (χ0n) is 12.3. The molecule has 0 spiro atoms. The molecule has 1 amide bonds. The van der Waals surface area contributed by atoms with Crippen molar-refractivity contribution in [2.24, 2.45) is 0 Å². The molecule has 0 aliphatic carbocycles. The van der Waals surface area contributed by atoms with Crippen LogP contribution in [0.2, 0.25) is 0 Å². The summed E-state index contributed by atoms with van der Waals surface area (Å²) in [5.74, 6) is 0.438. The van der Waals surface area contributed by atoms with E-state index >= 15 is 0 Å². The molecule has 4 heteroatoms.